The van der Waals surface area contributed by atoms with Crippen LogP contribution >= 0.6 is 34.7 Å². The SMILES string of the molecule is COc1cc(/C=N\NC(=O)CSc2nc3ccccc3s2)ccc1OCc1ccccc1Cl. The molecule has 33 heavy (non-hydrogen) atoms. The van der Waals surface area contributed by atoms with Gasteiger partial charge in [-0.2, -0.15) is 5.10 Å². The van der Waals surface area contributed by atoms with Crippen molar-refractivity contribution in [3.8, 4) is 11.5 Å². The molecule has 0 saturated heterocycles. The summed E-state index contributed by atoms with van der Waals surface area (Å²) in [5.41, 5.74) is 5.13. The first kappa shape index (κ1) is 23.1. The molecule has 0 radical (unpaired) electrons. The molecule has 0 fully saturated rings. The number of hydrazone groups is 1. The number of carbonyl (C=O) groups excluding carboxylic acids is 1. The van der Waals surface area contributed by atoms with Crippen molar-refractivity contribution in [2.24, 2.45) is 5.10 Å². The minimum atomic E-state index is -0.206. The van der Waals surface area contributed by atoms with Gasteiger partial charge in [-0.1, -0.05) is 53.7 Å². The molecule has 3 aromatic carbocycles. The van der Waals surface area contributed by atoms with Gasteiger partial charge in [0, 0.05) is 10.6 Å². The normalized spacial score (nSPS) is 11.1. The van der Waals surface area contributed by atoms with E-state index in [1.807, 2.05) is 54.6 Å². The Kier molecular flexibility index (Phi) is 7.83. The number of aromatic nitrogens is 1. The molecule has 168 valence electrons. The standard InChI is InChI=1S/C24H20ClN3O3S2/c1-30-21-12-16(10-11-20(21)31-14-17-6-2-3-7-18(17)25)13-26-28-23(29)15-32-24-27-19-8-4-5-9-22(19)33-24/h2-13H,14-15H2,1H3,(H,28,29)/b26-13-. The van der Waals surface area contributed by atoms with Crippen molar-refractivity contribution >= 4 is 57.0 Å². The molecule has 1 aromatic heterocycles. The van der Waals surface area contributed by atoms with Crippen molar-refractivity contribution in [3.63, 3.8) is 0 Å². The number of thiazole rings is 1. The highest BCUT2D eigenvalue weighted by atomic mass is 35.5. The fourth-order valence-electron chi connectivity index (χ4n) is 2.91. The topological polar surface area (TPSA) is 72.8 Å². The number of nitrogens with one attached hydrogen (secondary N) is 1. The number of rotatable bonds is 9. The molecule has 4 rings (SSSR count). The molecular weight excluding hydrogens is 478 g/mol. The first-order valence-corrected chi connectivity index (χ1v) is 12.1. The average Bonchev–Trinajstić information content (AvgIpc) is 3.26. The van der Waals surface area contributed by atoms with Gasteiger partial charge in [-0.3, -0.25) is 4.79 Å². The van der Waals surface area contributed by atoms with E-state index in [9.17, 15) is 4.79 Å². The first-order valence-electron chi connectivity index (χ1n) is 9.97. The van der Waals surface area contributed by atoms with Crippen LogP contribution in [0.1, 0.15) is 11.1 Å². The minimum absolute atomic E-state index is 0.206. The van der Waals surface area contributed by atoms with E-state index in [-0.39, 0.29) is 11.7 Å². The Bertz CT molecular complexity index is 1260. The van der Waals surface area contributed by atoms with Gasteiger partial charge in [0.2, 0.25) is 0 Å². The predicted octanol–water partition coefficient (Wildman–Crippen LogP) is 5.78. The summed E-state index contributed by atoms with van der Waals surface area (Å²) < 4.78 is 13.2. The van der Waals surface area contributed by atoms with Crippen molar-refractivity contribution < 1.29 is 14.3 Å². The molecule has 1 amide bonds. The van der Waals surface area contributed by atoms with Crippen LogP contribution in [0.5, 0.6) is 11.5 Å². The quantitative estimate of drug-likeness (QED) is 0.180. The van der Waals surface area contributed by atoms with Crippen molar-refractivity contribution in [1.29, 1.82) is 0 Å². The summed E-state index contributed by atoms with van der Waals surface area (Å²) >= 11 is 9.14. The lowest BCUT2D eigenvalue weighted by Gasteiger charge is -2.12. The lowest BCUT2D eigenvalue weighted by Crippen LogP contribution is -2.19. The molecule has 0 bridgehead atoms. The number of methoxy groups -OCH3 is 1. The third-order valence-electron chi connectivity index (χ3n) is 4.53. The van der Waals surface area contributed by atoms with Crippen LogP contribution in [0.2, 0.25) is 5.02 Å². The molecular formula is C24H20ClN3O3S2. The molecule has 0 spiro atoms. The van der Waals surface area contributed by atoms with E-state index in [0.717, 1.165) is 25.7 Å². The van der Waals surface area contributed by atoms with Gasteiger partial charge in [0.1, 0.15) is 6.61 Å². The lowest BCUT2D eigenvalue weighted by atomic mass is 10.2. The van der Waals surface area contributed by atoms with E-state index in [1.54, 1.807) is 36.8 Å². The molecule has 0 atom stereocenters. The highest BCUT2D eigenvalue weighted by molar-refractivity contribution is 8.01. The average molecular weight is 498 g/mol. The molecule has 1 heterocycles. The van der Waals surface area contributed by atoms with Crippen LogP contribution in [0.4, 0.5) is 0 Å². The van der Waals surface area contributed by atoms with Crippen molar-refractivity contribution in [1.82, 2.24) is 10.4 Å². The zero-order valence-electron chi connectivity index (χ0n) is 17.7. The number of amides is 1. The molecule has 6 nitrogen and oxygen atoms in total. The van der Waals surface area contributed by atoms with Gasteiger partial charge in [-0.05, 0) is 42.0 Å². The van der Waals surface area contributed by atoms with Crippen LogP contribution in [0, 0.1) is 0 Å². The fourth-order valence-corrected chi connectivity index (χ4v) is 4.96. The second-order valence-corrected chi connectivity index (χ2v) is 9.48. The molecule has 4 aromatic rings. The number of ether oxygens (including phenoxy) is 2. The number of nitrogens with zero attached hydrogens (tertiary/aromatic N) is 2. The molecule has 0 saturated carbocycles. The van der Waals surface area contributed by atoms with Crippen LogP contribution in [-0.4, -0.2) is 30.0 Å². The van der Waals surface area contributed by atoms with E-state index >= 15 is 0 Å². The Labute approximate surface area is 204 Å². The van der Waals surface area contributed by atoms with Crippen LogP contribution in [0.25, 0.3) is 10.2 Å². The Morgan fingerprint density at radius 3 is 2.79 bits per heavy atom. The van der Waals surface area contributed by atoms with E-state index in [2.05, 4.69) is 15.5 Å². The third kappa shape index (κ3) is 6.25. The summed E-state index contributed by atoms with van der Waals surface area (Å²) in [6.45, 7) is 0.325. The number of hydrogen-bond donors (Lipinski definition) is 1. The van der Waals surface area contributed by atoms with Crippen LogP contribution in [0.15, 0.2) is 76.2 Å². The zero-order valence-corrected chi connectivity index (χ0v) is 20.0. The Balaban J connectivity index is 1.30. The van der Waals surface area contributed by atoms with Gasteiger partial charge in [0.25, 0.3) is 5.91 Å². The summed E-state index contributed by atoms with van der Waals surface area (Å²) in [4.78, 5) is 16.6. The maximum absolute atomic E-state index is 12.1. The van der Waals surface area contributed by atoms with Crippen LogP contribution < -0.4 is 14.9 Å². The number of halogens is 1. The maximum Gasteiger partial charge on any atom is 0.250 e. The minimum Gasteiger partial charge on any atom is -0.493 e. The smallest absolute Gasteiger partial charge is 0.250 e. The van der Waals surface area contributed by atoms with Gasteiger partial charge in [-0.15, -0.1) is 11.3 Å². The summed E-state index contributed by atoms with van der Waals surface area (Å²) in [5, 5.41) is 4.69. The molecule has 0 aliphatic carbocycles. The summed E-state index contributed by atoms with van der Waals surface area (Å²) in [6.07, 6.45) is 1.56. The number of fused-ring (bicyclic) bond motifs is 1. The second-order valence-electron chi connectivity index (χ2n) is 6.82. The van der Waals surface area contributed by atoms with E-state index in [4.69, 9.17) is 21.1 Å². The van der Waals surface area contributed by atoms with Gasteiger partial charge < -0.3 is 9.47 Å². The monoisotopic (exact) mass is 497 g/mol. The molecule has 0 aliphatic rings. The van der Waals surface area contributed by atoms with Gasteiger partial charge >= 0.3 is 0 Å². The summed E-state index contributed by atoms with van der Waals surface area (Å²) in [5.74, 6) is 1.17. The molecule has 0 aliphatic heterocycles. The fraction of sp³-hybridized carbons (Fsp3) is 0.125. The molecule has 1 N–H and O–H groups in total. The lowest BCUT2D eigenvalue weighted by molar-refractivity contribution is -0.118. The van der Waals surface area contributed by atoms with Gasteiger partial charge in [0.15, 0.2) is 15.8 Å². The Morgan fingerprint density at radius 1 is 1.15 bits per heavy atom. The number of carbonyl (C=O) groups is 1. The van der Waals surface area contributed by atoms with E-state index in [0.29, 0.717) is 23.1 Å². The first-order chi connectivity index (χ1) is 16.1. The van der Waals surface area contributed by atoms with Gasteiger partial charge in [-0.25, -0.2) is 10.4 Å². The van der Waals surface area contributed by atoms with Gasteiger partial charge in [0.05, 0.1) is 29.3 Å². The highest BCUT2D eigenvalue weighted by Crippen LogP contribution is 2.30. The number of para-hydroxylation sites is 1. The third-order valence-corrected chi connectivity index (χ3v) is 7.08. The molecule has 9 heteroatoms. The summed E-state index contributed by atoms with van der Waals surface area (Å²) in [6, 6.07) is 20.8. The van der Waals surface area contributed by atoms with Crippen molar-refractivity contribution in [2.75, 3.05) is 12.9 Å². The van der Waals surface area contributed by atoms with Crippen molar-refractivity contribution in [3.05, 3.63) is 82.9 Å². The number of thioether (sulfide) groups is 1. The van der Waals surface area contributed by atoms with Crippen LogP contribution in [0.3, 0.4) is 0 Å². The highest BCUT2D eigenvalue weighted by Gasteiger charge is 2.09. The molecule has 0 unspecified atom stereocenters. The largest absolute Gasteiger partial charge is 0.493 e. The number of hydrogen-bond acceptors (Lipinski definition) is 7. The van der Waals surface area contributed by atoms with E-state index in [1.165, 1.54) is 11.8 Å². The Morgan fingerprint density at radius 2 is 1.97 bits per heavy atom. The maximum atomic E-state index is 12.1. The predicted molar refractivity (Wildman–Crippen MR) is 135 cm³/mol. The van der Waals surface area contributed by atoms with E-state index < -0.39 is 0 Å². The number of benzene rings is 3. The zero-order chi connectivity index (χ0) is 23.0. The second kappa shape index (κ2) is 11.2. The summed E-state index contributed by atoms with van der Waals surface area (Å²) in [7, 11) is 1.57. The Hall–Kier alpha value is -3.07. The van der Waals surface area contributed by atoms with Crippen molar-refractivity contribution in [2.45, 2.75) is 10.9 Å². The van der Waals surface area contributed by atoms with Crippen LogP contribution in [-0.2, 0) is 11.4 Å².